The lowest BCUT2D eigenvalue weighted by molar-refractivity contribution is -0.0245. The van der Waals surface area contributed by atoms with Crippen LogP contribution in [0.1, 0.15) is 25.6 Å². The largest absolute Gasteiger partial charge is 0.378 e. The van der Waals surface area contributed by atoms with Crippen molar-refractivity contribution in [3.8, 4) is 0 Å². The molecular formula is C11H18N4OS. The van der Waals surface area contributed by atoms with Gasteiger partial charge in [0.25, 0.3) is 0 Å². The number of thioether (sulfide) groups is 1. The summed E-state index contributed by atoms with van der Waals surface area (Å²) in [5, 5.41) is 0.702. The SMILES string of the molecule is CCOC1CC(Cc2nc(N)nc(SC)n2)C1. The van der Waals surface area contributed by atoms with Crippen LogP contribution in [0, 0.1) is 5.92 Å². The van der Waals surface area contributed by atoms with E-state index in [1.165, 1.54) is 11.8 Å². The monoisotopic (exact) mass is 254 g/mol. The number of ether oxygens (including phenoxy) is 1. The van der Waals surface area contributed by atoms with E-state index in [1.54, 1.807) is 0 Å². The third kappa shape index (κ3) is 3.29. The fraction of sp³-hybridized carbons (Fsp3) is 0.727. The summed E-state index contributed by atoms with van der Waals surface area (Å²) in [5.74, 6) is 1.75. The molecule has 17 heavy (non-hydrogen) atoms. The van der Waals surface area contributed by atoms with Crippen LogP contribution < -0.4 is 5.73 Å². The lowest BCUT2D eigenvalue weighted by Crippen LogP contribution is -2.33. The zero-order valence-corrected chi connectivity index (χ0v) is 11.0. The van der Waals surface area contributed by atoms with E-state index in [0.717, 1.165) is 31.7 Å². The van der Waals surface area contributed by atoms with E-state index in [0.29, 0.717) is 23.1 Å². The van der Waals surface area contributed by atoms with E-state index in [1.807, 2.05) is 13.2 Å². The van der Waals surface area contributed by atoms with E-state index in [9.17, 15) is 0 Å². The van der Waals surface area contributed by atoms with Gasteiger partial charge < -0.3 is 10.5 Å². The molecule has 1 saturated carbocycles. The lowest BCUT2D eigenvalue weighted by Gasteiger charge is -2.34. The summed E-state index contributed by atoms with van der Waals surface area (Å²) in [6.45, 7) is 2.83. The van der Waals surface area contributed by atoms with Crippen molar-refractivity contribution in [2.24, 2.45) is 5.92 Å². The number of nitrogens with zero attached hydrogens (tertiary/aromatic N) is 3. The zero-order valence-electron chi connectivity index (χ0n) is 10.2. The van der Waals surface area contributed by atoms with Crippen LogP contribution in [-0.4, -0.2) is 33.9 Å². The molecule has 1 aromatic rings. The van der Waals surface area contributed by atoms with Gasteiger partial charge in [-0.2, -0.15) is 9.97 Å². The standard InChI is InChI=1S/C11H18N4OS/c1-3-16-8-4-7(5-8)6-9-13-10(12)15-11(14-9)17-2/h7-8H,3-6H2,1-2H3,(H2,12,13,14,15). The quantitative estimate of drug-likeness (QED) is 0.803. The molecule has 1 heterocycles. The Hall–Kier alpha value is -0.880. The fourth-order valence-corrected chi connectivity index (χ4v) is 2.45. The first kappa shape index (κ1) is 12.6. The number of nitrogens with two attached hydrogens (primary N) is 1. The smallest absolute Gasteiger partial charge is 0.224 e. The third-order valence-corrected chi connectivity index (χ3v) is 3.47. The molecular weight excluding hydrogens is 236 g/mol. The Balaban J connectivity index is 1.89. The Morgan fingerprint density at radius 1 is 1.35 bits per heavy atom. The van der Waals surface area contributed by atoms with Crippen molar-refractivity contribution in [2.75, 3.05) is 18.6 Å². The van der Waals surface area contributed by atoms with Gasteiger partial charge in [-0.05, 0) is 31.9 Å². The van der Waals surface area contributed by atoms with Crippen molar-refractivity contribution >= 4 is 17.7 Å². The van der Waals surface area contributed by atoms with Crippen molar-refractivity contribution in [2.45, 2.75) is 37.4 Å². The zero-order chi connectivity index (χ0) is 12.3. The van der Waals surface area contributed by atoms with Crippen LogP contribution in [-0.2, 0) is 11.2 Å². The number of anilines is 1. The Morgan fingerprint density at radius 3 is 2.76 bits per heavy atom. The molecule has 0 unspecified atom stereocenters. The second-order valence-electron chi connectivity index (χ2n) is 4.22. The maximum absolute atomic E-state index is 5.64. The highest BCUT2D eigenvalue weighted by Gasteiger charge is 2.30. The van der Waals surface area contributed by atoms with Crippen LogP contribution in [0.4, 0.5) is 5.95 Å². The summed E-state index contributed by atoms with van der Waals surface area (Å²) in [4.78, 5) is 12.6. The molecule has 0 atom stereocenters. The average Bonchev–Trinajstić information content (AvgIpc) is 2.25. The molecule has 2 rings (SSSR count). The molecule has 1 fully saturated rings. The van der Waals surface area contributed by atoms with E-state index >= 15 is 0 Å². The molecule has 0 radical (unpaired) electrons. The van der Waals surface area contributed by atoms with E-state index in [2.05, 4.69) is 15.0 Å². The minimum Gasteiger partial charge on any atom is -0.378 e. The van der Waals surface area contributed by atoms with Crippen molar-refractivity contribution in [3.63, 3.8) is 0 Å². The molecule has 0 spiro atoms. The van der Waals surface area contributed by atoms with Crippen LogP contribution in [0.2, 0.25) is 0 Å². The Kier molecular flexibility index (Phi) is 4.17. The number of aromatic nitrogens is 3. The summed E-state index contributed by atoms with van der Waals surface area (Å²) < 4.78 is 5.53. The number of nitrogen functional groups attached to an aromatic ring is 1. The Morgan fingerprint density at radius 2 is 2.12 bits per heavy atom. The Labute approximate surface area is 106 Å². The number of rotatable bonds is 5. The maximum atomic E-state index is 5.64. The molecule has 0 saturated heterocycles. The summed E-state index contributed by atoms with van der Waals surface area (Å²) in [6.07, 6.45) is 5.46. The summed E-state index contributed by atoms with van der Waals surface area (Å²) >= 11 is 1.49. The molecule has 1 aliphatic rings. The average molecular weight is 254 g/mol. The van der Waals surface area contributed by atoms with Gasteiger partial charge >= 0.3 is 0 Å². The summed E-state index contributed by atoms with van der Waals surface area (Å²) in [7, 11) is 0. The minimum absolute atomic E-state index is 0.319. The van der Waals surface area contributed by atoms with Gasteiger partial charge in [0.1, 0.15) is 5.82 Å². The maximum Gasteiger partial charge on any atom is 0.224 e. The van der Waals surface area contributed by atoms with E-state index < -0.39 is 0 Å². The van der Waals surface area contributed by atoms with Crippen LogP contribution in [0.25, 0.3) is 0 Å². The van der Waals surface area contributed by atoms with Gasteiger partial charge in [-0.1, -0.05) is 11.8 Å². The lowest BCUT2D eigenvalue weighted by atomic mass is 9.80. The van der Waals surface area contributed by atoms with Gasteiger partial charge in [0.05, 0.1) is 6.10 Å². The summed E-state index contributed by atoms with van der Waals surface area (Å²) in [6, 6.07) is 0. The predicted octanol–water partition coefficient (Wildman–Crippen LogP) is 1.53. The van der Waals surface area contributed by atoms with Gasteiger partial charge in [0, 0.05) is 13.0 Å². The molecule has 1 aromatic heterocycles. The molecule has 2 N–H and O–H groups in total. The van der Waals surface area contributed by atoms with Crippen LogP contribution in [0.3, 0.4) is 0 Å². The highest BCUT2D eigenvalue weighted by atomic mass is 32.2. The van der Waals surface area contributed by atoms with Crippen molar-refractivity contribution < 1.29 is 4.74 Å². The fourth-order valence-electron chi connectivity index (χ4n) is 2.07. The van der Waals surface area contributed by atoms with Gasteiger partial charge in [0.2, 0.25) is 5.95 Å². The molecule has 1 aliphatic carbocycles. The van der Waals surface area contributed by atoms with Gasteiger partial charge in [-0.15, -0.1) is 0 Å². The second-order valence-corrected chi connectivity index (χ2v) is 4.99. The summed E-state index contributed by atoms with van der Waals surface area (Å²) in [5.41, 5.74) is 5.64. The Bertz CT molecular complexity index is 382. The first-order chi connectivity index (χ1) is 8.21. The van der Waals surface area contributed by atoms with Crippen molar-refractivity contribution in [3.05, 3.63) is 5.82 Å². The topological polar surface area (TPSA) is 73.9 Å². The predicted molar refractivity (Wildman–Crippen MR) is 67.9 cm³/mol. The number of hydrogen-bond acceptors (Lipinski definition) is 6. The van der Waals surface area contributed by atoms with Crippen LogP contribution in [0.5, 0.6) is 0 Å². The highest BCUT2D eigenvalue weighted by Crippen LogP contribution is 2.32. The molecule has 94 valence electrons. The van der Waals surface area contributed by atoms with Crippen LogP contribution >= 0.6 is 11.8 Å². The minimum atomic E-state index is 0.319. The van der Waals surface area contributed by atoms with Crippen LogP contribution in [0.15, 0.2) is 5.16 Å². The molecule has 0 amide bonds. The highest BCUT2D eigenvalue weighted by molar-refractivity contribution is 7.98. The van der Waals surface area contributed by atoms with Gasteiger partial charge in [0.15, 0.2) is 5.16 Å². The van der Waals surface area contributed by atoms with E-state index in [4.69, 9.17) is 10.5 Å². The first-order valence-corrected chi connectivity index (χ1v) is 7.09. The third-order valence-electron chi connectivity index (χ3n) is 2.93. The molecule has 5 nitrogen and oxygen atoms in total. The molecule has 0 bridgehead atoms. The number of hydrogen-bond donors (Lipinski definition) is 1. The van der Waals surface area contributed by atoms with Gasteiger partial charge in [-0.3, -0.25) is 0 Å². The molecule has 0 aromatic carbocycles. The first-order valence-electron chi connectivity index (χ1n) is 5.87. The van der Waals surface area contributed by atoms with Crippen molar-refractivity contribution in [1.29, 1.82) is 0 Å². The van der Waals surface area contributed by atoms with Crippen molar-refractivity contribution in [1.82, 2.24) is 15.0 Å². The molecule has 0 aliphatic heterocycles. The second kappa shape index (κ2) is 5.64. The normalized spacial score (nSPS) is 23.4. The molecule has 6 heteroatoms. The van der Waals surface area contributed by atoms with Gasteiger partial charge in [-0.25, -0.2) is 4.98 Å². The van der Waals surface area contributed by atoms with E-state index in [-0.39, 0.29) is 0 Å².